The number of amides is 1. The highest BCUT2D eigenvalue weighted by Crippen LogP contribution is 2.25. The van der Waals surface area contributed by atoms with Gasteiger partial charge in [-0.15, -0.1) is 0 Å². The molecule has 0 saturated carbocycles. The number of carboxylic acids is 1. The number of rotatable bonds is 7. The van der Waals surface area contributed by atoms with E-state index in [1.54, 1.807) is 48.5 Å². The molecule has 0 bridgehead atoms. The maximum atomic E-state index is 12.6. The average molecular weight is 485 g/mol. The first kappa shape index (κ1) is 24.3. The summed E-state index contributed by atoms with van der Waals surface area (Å²) in [5.41, 5.74) is 14.3. The summed E-state index contributed by atoms with van der Waals surface area (Å²) in [6.07, 6.45) is 0.153. The third-order valence-electron chi connectivity index (χ3n) is 4.89. The molecule has 3 rings (SSSR count). The Morgan fingerprint density at radius 2 is 1.36 bits per heavy atom. The number of hydrogen-bond donors (Lipinski definition) is 4. The summed E-state index contributed by atoms with van der Waals surface area (Å²) in [5, 5.41) is 13.2. The van der Waals surface area contributed by atoms with E-state index in [-0.39, 0.29) is 12.4 Å². The number of carbonyl (C=O) groups is 2. The average Bonchev–Trinajstić information content (AvgIpc) is 2.79. The van der Waals surface area contributed by atoms with Gasteiger partial charge < -0.3 is 21.9 Å². The van der Waals surface area contributed by atoms with Crippen LogP contribution >= 0.6 is 23.2 Å². The van der Waals surface area contributed by atoms with E-state index in [0.29, 0.717) is 21.2 Å². The van der Waals surface area contributed by atoms with Gasteiger partial charge in [-0.25, -0.2) is 0 Å². The predicted molar refractivity (Wildman–Crippen MR) is 130 cm³/mol. The number of carbonyl (C=O) groups excluding carboxylic acids is 1. The molecule has 0 spiro atoms. The van der Waals surface area contributed by atoms with Crippen molar-refractivity contribution in [2.45, 2.75) is 18.5 Å². The minimum atomic E-state index is -1.09. The zero-order valence-electron chi connectivity index (χ0n) is 17.4. The largest absolute Gasteiger partial charge is 0.480 e. The molecule has 0 saturated heterocycles. The number of halogens is 2. The van der Waals surface area contributed by atoms with Gasteiger partial charge in [-0.05, 0) is 59.5 Å². The Balaban J connectivity index is 1.78. The standard InChI is InChI=1S/C24H22Cl2N4O3/c25-18-9-5-15(6-10-18)21(16-7-11-19(26)12-8-16)29-24(28)30-22(31)17-3-1-14(2-4-17)13-20(27)23(32)33/h1-12,20-21H,13,27H2,(H,32,33)(H3,28,29,30,31). The molecule has 1 amide bonds. The van der Waals surface area contributed by atoms with E-state index in [2.05, 4.69) is 10.3 Å². The Kier molecular flexibility index (Phi) is 8.06. The Hall–Kier alpha value is -3.39. The van der Waals surface area contributed by atoms with Crippen LogP contribution < -0.4 is 16.8 Å². The molecule has 0 heterocycles. The van der Waals surface area contributed by atoms with Crippen LogP contribution in [0.2, 0.25) is 10.0 Å². The van der Waals surface area contributed by atoms with Crippen LogP contribution in [0.5, 0.6) is 0 Å². The van der Waals surface area contributed by atoms with Crippen LogP contribution in [0.4, 0.5) is 0 Å². The van der Waals surface area contributed by atoms with Gasteiger partial charge in [-0.1, -0.05) is 59.6 Å². The van der Waals surface area contributed by atoms with Crippen molar-refractivity contribution in [3.63, 3.8) is 0 Å². The smallest absolute Gasteiger partial charge is 0.320 e. The molecule has 0 aliphatic rings. The van der Waals surface area contributed by atoms with Gasteiger partial charge in [0, 0.05) is 15.6 Å². The Bertz CT molecular complexity index is 1100. The number of guanidine groups is 1. The monoisotopic (exact) mass is 484 g/mol. The Morgan fingerprint density at radius 3 is 1.82 bits per heavy atom. The molecule has 170 valence electrons. The van der Waals surface area contributed by atoms with Crippen LogP contribution in [0, 0.1) is 0 Å². The molecule has 0 aliphatic carbocycles. The summed E-state index contributed by atoms with van der Waals surface area (Å²) >= 11 is 12.0. The summed E-state index contributed by atoms with van der Waals surface area (Å²) in [6, 6.07) is 19.4. The van der Waals surface area contributed by atoms with Crippen LogP contribution in [0.3, 0.4) is 0 Å². The van der Waals surface area contributed by atoms with E-state index < -0.39 is 24.0 Å². The van der Waals surface area contributed by atoms with Crippen molar-refractivity contribution in [1.82, 2.24) is 5.32 Å². The Morgan fingerprint density at radius 1 is 0.879 bits per heavy atom. The van der Waals surface area contributed by atoms with Crippen molar-refractivity contribution in [1.29, 1.82) is 0 Å². The van der Waals surface area contributed by atoms with Crippen molar-refractivity contribution >= 4 is 41.0 Å². The summed E-state index contributed by atoms with van der Waals surface area (Å²) in [4.78, 5) is 27.4. The lowest BCUT2D eigenvalue weighted by Crippen LogP contribution is -2.36. The van der Waals surface area contributed by atoms with Gasteiger partial charge in [-0.2, -0.15) is 4.99 Å². The number of benzene rings is 3. The van der Waals surface area contributed by atoms with E-state index in [1.165, 1.54) is 0 Å². The third-order valence-corrected chi connectivity index (χ3v) is 5.40. The summed E-state index contributed by atoms with van der Waals surface area (Å²) in [6.45, 7) is 0. The molecule has 0 aliphatic heterocycles. The maximum absolute atomic E-state index is 12.6. The van der Waals surface area contributed by atoms with Crippen molar-refractivity contribution in [3.8, 4) is 0 Å². The van der Waals surface area contributed by atoms with Gasteiger partial charge in [0.05, 0.1) is 6.04 Å². The molecule has 3 aromatic carbocycles. The van der Waals surface area contributed by atoms with Gasteiger partial charge in [0.25, 0.3) is 5.91 Å². The Labute approximate surface area is 201 Å². The van der Waals surface area contributed by atoms with Crippen LogP contribution in [-0.2, 0) is 11.2 Å². The second-order valence-corrected chi connectivity index (χ2v) is 8.20. The highest BCUT2D eigenvalue weighted by Gasteiger charge is 2.17. The molecule has 3 aromatic rings. The summed E-state index contributed by atoms with van der Waals surface area (Å²) < 4.78 is 0. The molecule has 33 heavy (non-hydrogen) atoms. The molecule has 9 heteroatoms. The van der Waals surface area contributed by atoms with Crippen LogP contribution in [0.15, 0.2) is 77.8 Å². The van der Waals surface area contributed by atoms with Crippen molar-refractivity contribution in [2.75, 3.05) is 0 Å². The first-order valence-corrected chi connectivity index (χ1v) is 10.7. The minimum Gasteiger partial charge on any atom is -0.480 e. The second kappa shape index (κ2) is 11.0. The molecule has 1 atom stereocenters. The molecule has 6 N–H and O–H groups in total. The quantitative estimate of drug-likeness (QED) is 0.298. The first-order chi connectivity index (χ1) is 15.7. The van der Waals surface area contributed by atoms with E-state index in [1.807, 2.05) is 24.3 Å². The molecular formula is C24H22Cl2N4O3. The highest BCUT2D eigenvalue weighted by molar-refractivity contribution is 6.30. The first-order valence-electron chi connectivity index (χ1n) is 9.96. The minimum absolute atomic E-state index is 0.0631. The number of hydrogen-bond acceptors (Lipinski definition) is 3. The zero-order valence-corrected chi connectivity index (χ0v) is 18.9. The molecule has 1 unspecified atom stereocenters. The lowest BCUT2D eigenvalue weighted by atomic mass is 9.99. The number of nitrogens with one attached hydrogen (secondary N) is 1. The van der Waals surface area contributed by atoms with Gasteiger partial charge in [0.15, 0.2) is 5.96 Å². The number of nitrogens with zero attached hydrogens (tertiary/aromatic N) is 1. The van der Waals surface area contributed by atoms with E-state index in [4.69, 9.17) is 39.8 Å². The molecule has 7 nitrogen and oxygen atoms in total. The molecule has 0 aromatic heterocycles. The normalized spacial score (nSPS) is 12.4. The fourth-order valence-electron chi connectivity index (χ4n) is 3.15. The van der Waals surface area contributed by atoms with Gasteiger partial charge >= 0.3 is 5.97 Å². The maximum Gasteiger partial charge on any atom is 0.320 e. The van der Waals surface area contributed by atoms with E-state index >= 15 is 0 Å². The lowest BCUT2D eigenvalue weighted by molar-refractivity contribution is -0.138. The van der Waals surface area contributed by atoms with E-state index in [9.17, 15) is 9.59 Å². The lowest BCUT2D eigenvalue weighted by Gasteiger charge is -2.20. The summed E-state index contributed by atoms with van der Waals surface area (Å²) in [5.74, 6) is -1.69. The fourth-order valence-corrected chi connectivity index (χ4v) is 3.40. The van der Waals surface area contributed by atoms with Crippen molar-refractivity contribution < 1.29 is 14.7 Å². The van der Waals surface area contributed by atoms with Crippen LogP contribution in [0.1, 0.15) is 33.1 Å². The van der Waals surface area contributed by atoms with Crippen molar-refractivity contribution in [3.05, 3.63) is 105 Å². The predicted octanol–water partition coefficient (Wildman–Crippen LogP) is 3.78. The van der Waals surface area contributed by atoms with Gasteiger partial charge in [0.2, 0.25) is 0 Å². The second-order valence-electron chi connectivity index (χ2n) is 7.33. The van der Waals surface area contributed by atoms with Gasteiger partial charge in [0.1, 0.15) is 6.04 Å². The number of aliphatic carboxylic acids is 1. The SMILES string of the molecule is NC(=NC(=O)c1ccc(CC(N)C(=O)O)cc1)NC(c1ccc(Cl)cc1)c1ccc(Cl)cc1. The fraction of sp³-hybridized carbons (Fsp3) is 0.125. The molecule has 0 radical (unpaired) electrons. The number of aliphatic imine (C=N–C) groups is 1. The highest BCUT2D eigenvalue weighted by atomic mass is 35.5. The number of nitrogens with two attached hydrogens (primary N) is 2. The van der Waals surface area contributed by atoms with E-state index in [0.717, 1.165) is 11.1 Å². The molecule has 0 fully saturated rings. The third kappa shape index (κ3) is 6.79. The van der Waals surface area contributed by atoms with Crippen molar-refractivity contribution in [2.24, 2.45) is 16.5 Å². The van der Waals surface area contributed by atoms with Gasteiger partial charge in [-0.3, -0.25) is 9.59 Å². The summed E-state index contributed by atoms with van der Waals surface area (Å²) in [7, 11) is 0. The van der Waals surface area contributed by atoms with Crippen LogP contribution in [0.25, 0.3) is 0 Å². The van der Waals surface area contributed by atoms with Crippen LogP contribution in [-0.4, -0.2) is 29.0 Å². The topological polar surface area (TPSA) is 131 Å². The number of carboxylic acid groups (broad SMARTS) is 1. The zero-order chi connectivity index (χ0) is 24.0. The molecular weight excluding hydrogens is 463 g/mol.